The molecule has 0 amide bonds. The number of ether oxygens (including phenoxy) is 4. The van der Waals surface area contributed by atoms with E-state index in [0.717, 1.165) is 33.2 Å². The molecular formula is C24H22F3N3O7. The molecule has 1 aliphatic rings. The summed E-state index contributed by atoms with van der Waals surface area (Å²) in [7, 11) is 0. The maximum absolute atomic E-state index is 14.0. The molecule has 0 saturated carbocycles. The fourth-order valence-corrected chi connectivity index (χ4v) is 4.08. The van der Waals surface area contributed by atoms with Crippen molar-refractivity contribution in [2.75, 3.05) is 6.61 Å². The van der Waals surface area contributed by atoms with Gasteiger partial charge >= 0.3 is 24.1 Å². The highest BCUT2D eigenvalue weighted by Crippen LogP contribution is 2.40. The van der Waals surface area contributed by atoms with Crippen molar-refractivity contribution in [2.45, 2.75) is 51.5 Å². The summed E-state index contributed by atoms with van der Waals surface area (Å²) in [5.41, 5.74) is -1.23. The lowest BCUT2D eigenvalue weighted by Gasteiger charge is -2.23. The van der Waals surface area contributed by atoms with Gasteiger partial charge in [0.25, 0.3) is 0 Å². The molecule has 4 rings (SSSR count). The molecule has 3 aromatic rings. The van der Waals surface area contributed by atoms with Gasteiger partial charge in [-0.25, -0.2) is 9.97 Å². The number of esters is 3. The first kappa shape index (κ1) is 26.1. The average molecular weight is 521 g/mol. The Morgan fingerprint density at radius 2 is 1.65 bits per heavy atom. The first-order valence-corrected chi connectivity index (χ1v) is 11.1. The van der Waals surface area contributed by atoms with Crippen LogP contribution in [0.2, 0.25) is 0 Å². The Hall–Kier alpha value is -4.00. The van der Waals surface area contributed by atoms with Gasteiger partial charge in [-0.05, 0) is 6.07 Å². The maximum atomic E-state index is 14.0. The molecule has 1 aliphatic heterocycles. The van der Waals surface area contributed by atoms with Crippen LogP contribution < -0.4 is 0 Å². The minimum absolute atomic E-state index is 0.0252. The molecule has 0 N–H and O–H groups in total. The summed E-state index contributed by atoms with van der Waals surface area (Å²) in [6.45, 7) is 3.02. The molecule has 10 nitrogen and oxygen atoms in total. The van der Waals surface area contributed by atoms with E-state index in [4.69, 9.17) is 18.9 Å². The summed E-state index contributed by atoms with van der Waals surface area (Å²) in [6, 6.07) is 9.14. The number of nitrogens with zero attached hydrogens (tertiary/aromatic N) is 3. The summed E-state index contributed by atoms with van der Waals surface area (Å²) in [6.07, 6.45) is -8.63. The normalized spacial score (nSPS) is 21.6. The molecule has 4 atom stereocenters. The van der Waals surface area contributed by atoms with Crippen molar-refractivity contribution in [1.29, 1.82) is 0 Å². The monoisotopic (exact) mass is 521 g/mol. The van der Waals surface area contributed by atoms with Crippen LogP contribution in [-0.2, 0) is 39.5 Å². The van der Waals surface area contributed by atoms with E-state index in [1.165, 1.54) is 4.57 Å². The van der Waals surface area contributed by atoms with Crippen molar-refractivity contribution in [2.24, 2.45) is 0 Å². The standard InChI is InChI=1S/C24H22F3N3O7/c1-12(31)34-10-18-20(35-13(2)32)21(36-14(3)33)23(37-18)30-11-28-19-16(24(25,26)27)9-17(29-22(19)30)15-7-5-4-6-8-15/h4-9,11,18,20-21,23H,10H2,1-3H3/t18-,20-,21-,23-/m1/s1. The number of carbonyl (C=O) groups is 3. The highest BCUT2D eigenvalue weighted by atomic mass is 19.4. The molecule has 1 saturated heterocycles. The van der Waals surface area contributed by atoms with E-state index in [9.17, 15) is 27.6 Å². The number of benzene rings is 1. The fraction of sp³-hybridized carbons (Fsp3) is 0.375. The predicted octanol–water partition coefficient (Wildman–Crippen LogP) is 3.44. The minimum Gasteiger partial charge on any atom is -0.463 e. The average Bonchev–Trinajstić information content (AvgIpc) is 3.37. The number of alkyl halides is 3. The van der Waals surface area contributed by atoms with E-state index in [0.29, 0.717) is 5.56 Å². The molecule has 2 aromatic heterocycles. The van der Waals surface area contributed by atoms with Gasteiger partial charge in [-0.1, -0.05) is 30.3 Å². The second kappa shape index (κ2) is 10.2. The molecule has 0 spiro atoms. The van der Waals surface area contributed by atoms with Crippen LogP contribution in [0.5, 0.6) is 0 Å². The molecule has 1 fully saturated rings. The molecule has 3 heterocycles. The number of carbonyl (C=O) groups excluding carboxylic acids is 3. The van der Waals surface area contributed by atoms with E-state index in [-0.39, 0.29) is 17.9 Å². The number of rotatable bonds is 6. The lowest BCUT2D eigenvalue weighted by molar-refractivity contribution is -0.166. The molecule has 37 heavy (non-hydrogen) atoms. The van der Waals surface area contributed by atoms with Crippen molar-refractivity contribution in [3.05, 3.63) is 48.3 Å². The quantitative estimate of drug-likeness (QED) is 0.355. The van der Waals surface area contributed by atoms with Crippen molar-refractivity contribution < 1.29 is 46.5 Å². The molecule has 0 unspecified atom stereocenters. The van der Waals surface area contributed by atoms with E-state index < -0.39 is 59.7 Å². The highest BCUT2D eigenvalue weighted by Gasteiger charge is 2.51. The van der Waals surface area contributed by atoms with Crippen LogP contribution in [0, 0.1) is 0 Å². The smallest absolute Gasteiger partial charge is 0.418 e. The van der Waals surface area contributed by atoms with Gasteiger partial charge in [0.2, 0.25) is 0 Å². The van der Waals surface area contributed by atoms with Gasteiger partial charge in [0.15, 0.2) is 24.1 Å². The van der Waals surface area contributed by atoms with Crippen LogP contribution in [0.1, 0.15) is 32.6 Å². The molecule has 1 aromatic carbocycles. The zero-order chi connectivity index (χ0) is 26.9. The first-order chi connectivity index (χ1) is 17.5. The van der Waals surface area contributed by atoms with Gasteiger partial charge in [0.1, 0.15) is 18.2 Å². The van der Waals surface area contributed by atoms with Crippen LogP contribution in [0.4, 0.5) is 13.2 Å². The van der Waals surface area contributed by atoms with Gasteiger partial charge < -0.3 is 18.9 Å². The SMILES string of the molecule is CC(=O)OC[C@H]1O[C@@H](n2cnc3c(C(F)(F)F)cc(-c4ccccc4)nc32)[C@H](OC(C)=O)[C@@H]1OC(C)=O. The number of hydrogen-bond donors (Lipinski definition) is 0. The van der Waals surface area contributed by atoms with Gasteiger partial charge in [-0.3, -0.25) is 19.0 Å². The summed E-state index contributed by atoms with van der Waals surface area (Å²) in [5, 5.41) is 0. The Kier molecular flexibility index (Phi) is 7.16. The Balaban J connectivity index is 1.87. The van der Waals surface area contributed by atoms with Crippen LogP contribution >= 0.6 is 0 Å². The molecule has 0 bridgehead atoms. The van der Waals surface area contributed by atoms with E-state index in [1.807, 2.05) is 0 Å². The zero-order valence-corrected chi connectivity index (χ0v) is 19.9. The van der Waals surface area contributed by atoms with Crippen LogP contribution in [0.25, 0.3) is 22.4 Å². The summed E-state index contributed by atoms with van der Waals surface area (Å²) >= 11 is 0. The second-order valence-electron chi connectivity index (χ2n) is 8.26. The lowest BCUT2D eigenvalue weighted by Crippen LogP contribution is -2.40. The summed E-state index contributed by atoms with van der Waals surface area (Å²) in [5.74, 6) is -2.14. The third-order valence-corrected chi connectivity index (χ3v) is 5.52. The number of halogens is 3. The van der Waals surface area contributed by atoms with Crippen LogP contribution in [-0.4, -0.2) is 57.4 Å². The predicted molar refractivity (Wildman–Crippen MR) is 120 cm³/mol. The number of hydrogen-bond acceptors (Lipinski definition) is 9. The third-order valence-electron chi connectivity index (χ3n) is 5.52. The number of imidazole rings is 1. The molecule has 13 heteroatoms. The fourth-order valence-electron chi connectivity index (χ4n) is 4.08. The van der Waals surface area contributed by atoms with Gasteiger partial charge in [0, 0.05) is 26.3 Å². The van der Waals surface area contributed by atoms with Gasteiger partial charge in [0.05, 0.1) is 17.6 Å². The van der Waals surface area contributed by atoms with E-state index in [1.54, 1.807) is 30.3 Å². The lowest BCUT2D eigenvalue weighted by atomic mass is 10.1. The number of fused-ring (bicyclic) bond motifs is 1. The molecule has 196 valence electrons. The van der Waals surface area contributed by atoms with Crippen molar-refractivity contribution in [3.63, 3.8) is 0 Å². The largest absolute Gasteiger partial charge is 0.463 e. The number of pyridine rings is 1. The van der Waals surface area contributed by atoms with E-state index in [2.05, 4.69) is 9.97 Å². The summed E-state index contributed by atoms with van der Waals surface area (Å²) < 4.78 is 64.8. The maximum Gasteiger partial charge on any atom is 0.418 e. The Bertz CT molecular complexity index is 1330. The molecular weight excluding hydrogens is 499 g/mol. The summed E-state index contributed by atoms with van der Waals surface area (Å²) in [4.78, 5) is 43.4. The Morgan fingerprint density at radius 3 is 2.24 bits per heavy atom. The van der Waals surface area contributed by atoms with Gasteiger partial charge in [-0.2, -0.15) is 13.2 Å². The van der Waals surface area contributed by atoms with Crippen molar-refractivity contribution in [1.82, 2.24) is 14.5 Å². The number of aromatic nitrogens is 3. The van der Waals surface area contributed by atoms with Crippen molar-refractivity contribution in [3.8, 4) is 11.3 Å². The Morgan fingerprint density at radius 1 is 1.00 bits per heavy atom. The van der Waals surface area contributed by atoms with Crippen LogP contribution in [0.15, 0.2) is 42.7 Å². The second-order valence-corrected chi connectivity index (χ2v) is 8.26. The highest BCUT2D eigenvalue weighted by molar-refractivity contribution is 5.80. The third kappa shape index (κ3) is 5.56. The Labute approximate surface area is 208 Å². The topological polar surface area (TPSA) is 119 Å². The van der Waals surface area contributed by atoms with Crippen LogP contribution in [0.3, 0.4) is 0 Å². The minimum atomic E-state index is -4.76. The molecule has 0 aliphatic carbocycles. The van der Waals surface area contributed by atoms with Gasteiger partial charge in [-0.15, -0.1) is 0 Å². The van der Waals surface area contributed by atoms with Crippen molar-refractivity contribution >= 4 is 29.1 Å². The first-order valence-electron chi connectivity index (χ1n) is 11.1. The molecule has 0 radical (unpaired) electrons. The van der Waals surface area contributed by atoms with E-state index >= 15 is 0 Å². The zero-order valence-electron chi connectivity index (χ0n) is 19.9.